The zero-order valence-corrected chi connectivity index (χ0v) is 14.5. The quantitative estimate of drug-likeness (QED) is 0.815. The van der Waals surface area contributed by atoms with Gasteiger partial charge in [-0.2, -0.15) is 0 Å². The number of pyridine rings is 1. The Bertz CT molecular complexity index is 621. The molecule has 0 saturated carbocycles. The number of hydrogen-bond acceptors (Lipinski definition) is 4. The first-order valence-electron chi connectivity index (χ1n) is 9.02. The maximum absolute atomic E-state index is 5.63. The zero-order valence-electron chi connectivity index (χ0n) is 14.5. The van der Waals surface area contributed by atoms with Crippen molar-refractivity contribution in [3.63, 3.8) is 0 Å². The molecule has 0 spiro atoms. The lowest BCUT2D eigenvalue weighted by Crippen LogP contribution is -2.30. The number of rotatable bonds is 7. The van der Waals surface area contributed by atoms with Gasteiger partial charge in [0.2, 0.25) is 0 Å². The van der Waals surface area contributed by atoms with E-state index in [1.165, 1.54) is 30.5 Å². The minimum Gasteiger partial charge on any atom is -0.494 e. The van der Waals surface area contributed by atoms with Crippen molar-refractivity contribution in [3.8, 4) is 5.75 Å². The highest BCUT2D eigenvalue weighted by Gasteiger charge is 2.14. The van der Waals surface area contributed by atoms with Crippen molar-refractivity contribution in [1.29, 1.82) is 0 Å². The van der Waals surface area contributed by atoms with Gasteiger partial charge < -0.3 is 15.0 Å². The first kappa shape index (κ1) is 16.6. The fourth-order valence-electron chi connectivity index (χ4n) is 3.03. The molecule has 2 aromatic rings. The van der Waals surface area contributed by atoms with Gasteiger partial charge in [-0.25, -0.2) is 4.98 Å². The van der Waals surface area contributed by atoms with Gasteiger partial charge in [0, 0.05) is 25.8 Å². The molecular formula is C20H27N3O. The highest BCUT2D eigenvalue weighted by molar-refractivity contribution is 5.65. The van der Waals surface area contributed by atoms with Crippen LogP contribution in [0.2, 0.25) is 0 Å². The number of aromatic nitrogens is 1. The van der Waals surface area contributed by atoms with E-state index in [4.69, 9.17) is 4.74 Å². The molecule has 4 nitrogen and oxygen atoms in total. The van der Waals surface area contributed by atoms with E-state index in [0.717, 1.165) is 44.2 Å². The first-order valence-corrected chi connectivity index (χ1v) is 9.02. The molecule has 24 heavy (non-hydrogen) atoms. The molecule has 0 amide bonds. The van der Waals surface area contributed by atoms with Gasteiger partial charge in [-0.15, -0.1) is 0 Å². The molecule has 128 valence electrons. The molecule has 0 bridgehead atoms. The van der Waals surface area contributed by atoms with Gasteiger partial charge in [-0.3, -0.25) is 0 Å². The molecule has 1 aromatic carbocycles. The topological polar surface area (TPSA) is 37.4 Å². The first-order chi connectivity index (χ1) is 11.9. The summed E-state index contributed by atoms with van der Waals surface area (Å²) in [7, 11) is 0. The van der Waals surface area contributed by atoms with Crippen LogP contribution in [0.15, 0.2) is 42.6 Å². The molecule has 2 heterocycles. The number of benzene rings is 1. The summed E-state index contributed by atoms with van der Waals surface area (Å²) in [4.78, 5) is 6.99. The molecule has 0 unspecified atom stereocenters. The van der Waals surface area contributed by atoms with Crippen molar-refractivity contribution in [3.05, 3.63) is 48.2 Å². The molecule has 1 fully saturated rings. The van der Waals surface area contributed by atoms with Crippen LogP contribution in [-0.4, -0.2) is 24.7 Å². The van der Waals surface area contributed by atoms with Gasteiger partial charge in [0.1, 0.15) is 11.6 Å². The van der Waals surface area contributed by atoms with Gasteiger partial charge in [-0.05, 0) is 55.5 Å². The average molecular weight is 325 g/mol. The van der Waals surface area contributed by atoms with Crippen molar-refractivity contribution in [2.75, 3.05) is 29.9 Å². The van der Waals surface area contributed by atoms with Crippen LogP contribution in [0, 0.1) is 0 Å². The summed E-state index contributed by atoms with van der Waals surface area (Å²) in [6.45, 7) is 5.91. The third-order valence-electron chi connectivity index (χ3n) is 4.34. The Morgan fingerprint density at radius 2 is 1.88 bits per heavy atom. The van der Waals surface area contributed by atoms with Gasteiger partial charge in [-0.1, -0.05) is 19.1 Å². The number of anilines is 2. The van der Waals surface area contributed by atoms with E-state index in [2.05, 4.69) is 40.3 Å². The summed E-state index contributed by atoms with van der Waals surface area (Å²) < 4.78 is 5.63. The highest BCUT2D eigenvalue weighted by Crippen LogP contribution is 2.26. The Kier molecular flexibility index (Phi) is 5.94. The Balaban J connectivity index is 1.62. The predicted molar refractivity (Wildman–Crippen MR) is 99.9 cm³/mol. The molecule has 3 rings (SSSR count). The van der Waals surface area contributed by atoms with Crippen molar-refractivity contribution in [2.45, 2.75) is 39.2 Å². The molecule has 1 N–H and O–H groups in total. The largest absolute Gasteiger partial charge is 0.494 e. The summed E-state index contributed by atoms with van der Waals surface area (Å²) in [6.07, 6.45) is 6.77. The van der Waals surface area contributed by atoms with Crippen molar-refractivity contribution in [2.24, 2.45) is 0 Å². The van der Waals surface area contributed by atoms with Crippen molar-refractivity contribution < 1.29 is 4.74 Å². The molecular weight excluding hydrogens is 298 g/mol. The van der Waals surface area contributed by atoms with E-state index in [1.807, 2.05) is 24.4 Å². The SMILES string of the molecule is CCCOc1ccc(CNc2ncccc2N2CCCCC2)cc1. The highest BCUT2D eigenvalue weighted by atomic mass is 16.5. The van der Waals surface area contributed by atoms with Crippen LogP contribution in [-0.2, 0) is 6.54 Å². The molecule has 1 aliphatic rings. The summed E-state index contributed by atoms with van der Waals surface area (Å²) >= 11 is 0. The van der Waals surface area contributed by atoms with Crippen molar-refractivity contribution >= 4 is 11.5 Å². The zero-order chi connectivity index (χ0) is 16.6. The number of nitrogens with zero attached hydrogens (tertiary/aromatic N) is 2. The van der Waals surface area contributed by atoms with Crippen LogP contribution < -0.4 is 15.0 Å². The number of nitrogens with one attached hydrogen (secondary N) is 1. The maximum Gasteiger partial charge on any atom is 0.149 e. The molecule has 0 aliphatic carbocycles. The number of ether oxygens (including phenoxy) is 1. The van der Waals surface area contributed by atoms with Crippen LogP contribution in [0.1, 0.15) is 38.2 Å². The summed E-state index contributed by atoms with van der Waals surface area (Å²) in [5.41, 5.74) is 2.45. The fraction of sp³-hybridized carbons (Fsp3) is 0.450. The summed E-state index contributed by atoms with van der Waals surface area (Å²) in [6, 6.07) is 12.5. The Morgan fingerprint density at radius 3 is 2.62 bits per heavy atom. The van der Waals surface area contributed by atoms with Crippen LogP contribution in [0.4, 0.5) is 11.5 Å². The molecule has 1 saturated heterocycles. The van der Waals surface area contributed by atoms with Crippen molar-refractivity contribution in [1.82, 2.24) is 4.98 Å². The normalized spacial score (nSPS) is 14.5. The molecule has 4 heteroatoms. The second-order valence-corrected chi connectivity index (χ2v) is 6.26. The monoisotopic (exact) mass is 325 g/mol. The predicted octanol–water partition coefficient (Wildman–Crippen LogP) is 4.47. The molecule has 0 radical (unpaired) electrons. The van der Waals surface area contributed by atoms with Gasteiger partial charge in [0.25, 0.3) is 0 Å². The third-order valence-corrected chi connectivity index (χ3v) is 4.34. The molecule has 0 atom stereocenters. The summed E-state index contributed by atoms with van der Waals surface area (Å²) in [5, 5.41) is 3.50. The lowest BCUT2D eigenvalue weighted by Gasteiger charge is -2.30. The second kappa shape index (κ2) is 8.57. The van der Waals surface area contributed by atoms with Crippen LogP contribution in [0.3, 0.4) is 0 Å². The second-order valence-electron chi connectivity index (χ2n) is 6.26. The Morgan fingerprint density at radius 1 is 1.08 bits per heavy atom. The lowest BCUT2D eigenvalue weighted by atomic mass is 10.1. The van der Waals surface area contributed by atoms with E-state index >= 15 is 0 Å². The van der Waals surface area contributed by atoms with Gasteiger partial charge in [0.15, 0.2) is 0 Å². The minimum atomic E-state index is 0.769. The van der Waals surface area contributed by atoms with Crippen LogP contribution >= 0.6 is 0 Å². The van der Waals surface area contributed by atoms with E-state index in [1.54, 1.807) is 0 Å². The van der Waals surface area contributed by atoms with E-state index in [0.29, 0.717) is 0 Å². The van der Waals surface area contributed by atoms with Gasteiger partial charge >= 0.3 is 0 Å². The number of piperidine rings is 1. The smallest absolute Gasteiger partial charge is 0.149 e. The number of hydrogen-bond donors (Lipinski definition) is 1. The molecule has 1 aromatic heterocycles. The molecule has 1 aliphatic heterocycles. The van der Waals surface area contributed by atoms with Crippen LogP contribution in [0.25, 0.3) is 0 Å². The summed E-state index contributed by atoms with van der Waals surface area (Å²) in [5.74, 6) is 1.91. The minimum absolute atomic E-state index is 0.769. The average Bonchev–Trinajstić information content (AvgIpc) is 2.66. The van der Waals surface area contributed by atoms with E-state index in [9.17, 15) is 0 Å². The van der Waals surface area contributed by atoms with E-state index < -0.39 is 0 Å². The van der Waals surface area contributed by atoms with E-state index in [-0.39, 0.29) is 0 Å². The maximum atomic E-state index is 5.63. The Hall–Kier alpha value is -2.23. The van der Waals surface area contributed by atoms with Crippen LogP contribution in [0.5, 0.6) is 5.75 Å². The standard InChI is InChI=1S/C20H27N3O/c1-2-15-24-18-10-8-17(9-11-18)16-22-20-19(7-6-12-21-20)23-13-4-3-5-14-23/h6-12H,2-5,13-16H2,1H3,(H,21,22). The third kappa shape index (κ3) is 4.40. The lowest BCUT2D eigenvalue weighted by molar-refractivity contribution is 0.317. The Labute approximate surface area is 144 Å². The van der Waals surface area contributed by atoms with Gasteiger partial charge in [0.05, 0.1) is 12.3 Å². The fourth-order valence-corrected chi connectivity index (χ4v) is 3.03.